The molecule has 0 aliphatic heterocycles. The van der Waals surface area contributed by atoms with E-state index in [9.17, 15) is 28.6 Å². The quantitative estimate of drug-likeness (QED) is 0.587. The number of fused-ring (bicyclic) bond motifs is 1. The third-order valence-corrected chi connectivity index (χ3v) is 4.08. The lowest BCUT2D eigenvalue weighted by molar-refractivity contribution is -0.259. The molecule has 0 bridgehead atoms. The fourth-order valence-electron chi connectivity index (χ4n) is 2.76. The average Bonchev–Trinajstić information content (AvgIpc) is 2.70. The van der Waals surface area contributed by atoms with E-state index in [2.05, 4.69) is 9.72 Å². The number of hydrogen-bond acceptors (Lipinski definition) is 6. The van der Waals surface area contributed by atoms with Gasteiger partial charge in [-0.3, -0.25) is 4.74 Å². The van der Waals surface area contributed by atoms with Crippen LogP contribution in [0, 0.1) is 17.1 Å². The van der Waals surface area contributed by atoms with Gasteiger partial charge in [-0.1, -0.05) is 12.1 Å². The highest BCUT2D eigenvalue weighted by atomic mass is 19.3. The van der Waals surface area contributed by atoms with Crippen LogP contribution in [0.4, 0.5) is 13.2 Å². The van der Waals surface area contributed by atoms with Crippen LogP contribution in [0.3, 0.4) is 0 Å². The van der Waals surface area contributed by atoms with Crippen molar-refractivity contribution in [2.45, 2.75) is 19.0 Å². The molecule has 0 aliphatic rings. The van der Waals surface area contributed by atoms with Gasteiger partial charge >= 0.3 is 6.61 Å². The van der Waals surface area contributed by atoms with Gasteiger partial charge in [-0.05, 0) is 41.3 Å². The Morgan fingerprint density at radius 1 is 1.14 bits per heavy atom. The highest BCUT2D eigenvalue weighted by Crippen LogP contribution is 2.33. The highest BCUT2D eigenvalue weighted by Gasteiger charge is 2.22. The van der Waals surface area contributed by atoms with Crippen LogP contribution in [-0.4, -0.2) is 40.8 Å². The van der Waals surface area contributed by atoms with Gasteiger partial charge in [-0.25, -0.2) is 9.37 Å². The molecule has 0 saturated carbocycles. The van der Waals surface area contributed by atoms with Crippen molar-refractivity contribution in [3.05, 3.63) is 60.2 Å². The number of aliphatic hydroxyl groups excluding tert-OH is 2. The maximum atomic E-state index is 13.7. The summed E-state index contributed by atoms with van der Waals surface area (Å²) in [6.45, 7) is -3.77. The van der Waals surface area contributed by atoms with Crippen LogP contribution in [0.5, 0.6) is 5.75 Å². The van der Waals surface area contributed by atoms with E-state index >= 15 is 0 Å². The Morgan fingerprint density at radius 2 is 1.93 bits per heavy atom. The van der Waals surface area contributed by atoms with Gasteiger partial charge in [0.25, 0.3) is 0 Å². The molecule has 0 saturated heterocycles. The number of nitriles is 1. The molecule has 9 heteroatoms. The molecule has 1 aromatic heterocycles. The summed E-state index contributed by atoms with van der Waals surface area (Å²) >= 11 is 0. The Hall–Kier alpha value is -3.19. The summed E-state index contributed by atoms with van der Waals surface area (Å²) in [5.41, 5.74) is 0.926. The van der Waals surface area contributed by atoms with Gasteiger partial charge in [0.1, 0.15) is 36.0 Å². The van der Waals surface area contributed by atoms with Crippen molar-refractivity contribution in [3.8, 4) is 22.9 Å². The molecule has 2 N–H and O–H groups in total. The number of ether oxygens (including phenoxy) is 2. The largest absolute Gasteiger partial charge is 0.491 e. The van der Waals surface area contributed by atoms with Gasteiger partial charge in [0.2, 0.25) is 0 Å². The Morgan fingerprint density at radius 3 is 2.62 bits per heavy atom. The zero-order valence-electron chi connectivity index (χ0n) is 14.8. The molecule has 1 unspecified atom stereocenters. The molecule has 29 heavy (non-hydrogen) atoms. The summed E-state index contributed by atoms with van der Waals surface area (Å²) in [7, 11) is 0. The lowest BCUT2D eigenvalue weighted by atomic mass is 9.97. The summed E-state index contributed by atoms with van der Waals surface area (Å²) in [4.78, 5) is 4.10. The summed E-state index contributed by atoms with van der Waals surface area (Å²) in [5, 5.41) is 29.6. The maximum absolute atomic E-state index is 13.7. The molecule has 1 heterocycles. The number of pyridine rings is 1. The third-order valence-electron chi connectivity index (χ3n) is 4.08. The predicted octanol–water partition coefficient (Wildman–Crippen LogP) is 3.21. The Labute approximate surface area is 163 Å². The van der Waals surface area contributed by atoms with Crippen LogP contribution in [0.25, 0.3) is 21.9 Å². The standard InChI is InChI=1S/C20H15F3N2O4/c21-13-3-1-2-11(6-13)18-15-7-14(5-4-12(15)9-25-16(18)8-24)28-10-17(26)19(27)29-20(22)23/h1-7,9,17,19-20,26-27H,10H2/t17-,19?/m0/s1. The molecule has 6 nitrogen and oxygen atoms in total. The van der Waals surface area contributed by atoms with Crippen molar-refractivity contribution in [2.24, 2.45) is 0 Å². The van der Waals surface area contributed by atoms with E-state index in [1.54, 1.807) is 24.3 Å². The van der Waals surface area contributed by atoms with Crippen molar-refractivity contribution in [1.82, 2.24) is 4.98 Å². The van der Waals surface area contributed by atoms with E-state index in [-0.39, 0.29) is 11.4 Å². The van der Waals surface area contributed by atoms with Crippen molar-refractivity contribution in [3.63, 3.8) is 0 Å². The number of aliphatic hydroxyl groups is 2. The van der Waals surface area contributed by atoms with Crippen LogP contribution < -0.4 is 4.74 Å². The highest BCUT2D eigenvalue weighted by molar-refractivity contribution is 5.98. The first-order valence-corrected chi connectivity index (χ1v) is 8.40. The van der Waals surface area contributed by atoms with Gasteiger partial charge < -0.3 is 14.9 Å². The first-order chi connectivity index (χ1) is 13.9. The Kier molecular flexibility index (Phi) is 6.29. The molecule has 0 spiro atoms. The fraction of sp³-hybridized carbons (Fsp3) is 0.200. The number of alkyl halides is 2. The zero-order valence-corrected chi connectivity index (χ0v) is 14.8. The van der Waals surface area contributed by atoms with Gasteiger partial charge in [-0.15, -0.1) is 0 Å². The molecular weight excluding hydrogens is 389 g/mol. The minimum absolute atomic E-state index is 0.0843. The Balaban J connectivity index is 1.94. The second kappa shape index (κ2) is 8.87. The van der Waals surface area contributed by atoms with Gasteiger partial charge in [0.15, 0.2) is 6.29 Å². The minimum atomic E-state index is -3.24. The second-order valence-electron chi connectivity index (χ2n) is 6.02. The number of nitrogens with zero attached hydrogens (tertiary/aromatic N) is 2. The van der Waals surface area contributed by atoms with E-state index in [1.807, 2.05) is 6.07 Å². The SMILES string of the molecule is N#Cc1ncc2ccc(OC[C@H](O)C(O)OC(F)F)cc2c1-c1cccc(F)c1. The van der Waals surface area contributed by atoms with Gasteiger partial charge in [0.05, 0.1) is 0 Å². The lowest BCUT2D eigenvalue weighted by Crippen LogP contribution is -2.35. The normalized spacial score (nSPS) is 13.3. The lowest BCUT2D eigenvalue weighted by Gasteiger charge is -2.18. The molecule has 2 atom stereocenters. The minimum Gasteiger partial charge on any atom is -0.491 e. The van der Waals surface area contributed by atoms with Crippen LogP contribution in [-0.2, 0) is 4.74 Å². The summed E-state index contributed by atoms with van der Waals surface area (Å²) in [6.07, 6.45) is -2.35. The number of rotatable bonds is 7. The van der Waals surface area contributed by atoms with Crippen molar-refractivity contribution < 1.29 is 32.9 Å². The molecule has 150 valence electrons. The van der Waals surface area contributed by atoms with Crippen LogP contribution >= 0.6 is 0 Å². The zero-order chi connectivity index (χ0) is 21.0. The van der Waals surface area contributed by atoms with Crippen LogP contribution in [0.1, 0.15) is 5.69 Å². The van der Waals surface area contributed by atoms with Crippen LogP contribution in [0.2, 0.25) is 0 Å². The summed E-state index contributed by atoms with van der Waals surface area (Å²) in [5.74, 6) is -0.250. The van der Waals surface area contributed by atoms with Gasteiger partial charge in [0, 0.05) is 17.1 Å². The first-order valence-electron chi connectivity index (χ1n) is 8.40. The topological polar surface area (TPSA) is 95.6 Å². The monoisotopic (exact) mass is 404 g/mol. The summed E-state index contributed by atoms with van der Waals surface area (Å²) < 4.78 is 47.0. The molecule has 2 aromatic carbocycles. The molecule has 0 amide bonds. The molecule has 0 radical (unpaired) electrons. The van der Waals surface area contributed by atoms with E-state index in [0.29, 0.717) is 21.9 Å². The fourth-order valence-corrected chi connectivity index (χ4v) is 2.76. The van der Waals surface area contributed by atoms with Crippen LogP contribution in [0.15, 0.2) is 48.7 Å². The Bertz CT molecular complexity index is 1060. The molecule has 3 rings (SSSR count). The first kappa shape index (κ1) is 20.5. The average molecular weight is 404 g/mol. The van der Waals surface area contributed by atoms with E-state index < -0.39 is 31.4 Å². The van der Waals surface area contributed by atoms with E-state index in [4.69, 9.17) is 4.74 Å². The number of benzene rings is 2. The summed E-state index contributed by atoms with van der Waals surface area (Å²) in [6, 6.07) is 12.4. The molecule has 0 aliphatic carbocycles. The van der Waals surface area contributed by atoms with Crippen molar-refractivity contribution in [2.75, 3.05) is 6.61 Å². The number of halogens is 3. The molecular formula is C20H15F3N2O4. The molecule has 3 aromatic rings. The van der Waals surface area contributed by atoms with E-state index in [1.165, 1.54) is 24.4 Å². The van der Waals surface area contributed by atoms with Crippen molar-refractivity contribution in [1.29, 1.82) is 5.26 Å². The second-order valence-corrected chi connectivity index (χ2v) is 6.02. The molecule has 0 fully saturated rings. The smallest absolute Gasteiger partial charge is 0.347 e. The van der Waals surface area contributed by atoms with E-state index in [0.717, 1.165) is 0 Å². The van der Waals surface area contributed by atoms with Crippen molar-refractivity contribution >= 4 is 10.8 Å². The third kappa shape index (κ3) is 4.81. The maximum Gasteiger partial charge on any atom is 0.347 e. The van der Waals surface area contributed by atoms with Gasteiger partial charge in [-0.2, -0.15) is 14.0 Å². The number of hydrogen-bond donors (Lipinski definition) is 2. The number of aromatic nitrogens is 1. The predicted molar refractivity (Wildman–Crippen MR) is 96.4 cm³/mol.